The molecule has 1 aliphatic rings. The van der Waals surface area contributed by atoms with E-state index in [1.165, 1.54) is 257 Å². The van der Waals surface area contributed by atoms with Crippen LogP contribution in [0.2, 0.25) is 0 Å². The van der Waals surface area contributed by atoms with Gasteiger partial charge in [0.05, 0.1) is 26.4 Å². The van der Waals surface area contributed by atoms with Gasteiger partial charge >= 0.3 is 0 Å². The lowest BCUT2D eigenvalue weighted by Gasteiger charge is -2.19. The highest BCUT2D eigenvalue weighted by molar-refractivity contribution is 4.70. The van der Waals surface area contributed by atoms with E-state index >= 15 is 0 Å². The van der Waals surface area contributed by atoms with Crippen molar-refractivity contribution in [3.63, 3.8) is 0 Å². The average molecular weight is 1300 g/mol. The molecule has 0 saturated carbocycles. The van der Waals surface area contributed by atoms with Crippen LogP contribution in [0, 0.1) is 94.7 Å². The van der Waals surface area contributed by atoms with Crippen LogP contribution in [0.4, 0.5) is 0 Å². The molecule has 6 heteroatoms. The lowest BCUT2D eigenvalue weighted by atomic mass is 9.88. The van der Waals surface area contributed by atoms with E-state index in [0.29, 0.717) is 36.9 Å². The van der Waals surface area contributed by atoms with Crippen LogP contribution in [0.5, 0.6) is 0 Å². The fourth-order valence-electron chi connectivity index (χ4n) is 15.4. The molecule has 1 heterocycles. The summed E-state index contributed by atoms with van der Waals surface area (Å²) in [4.78, 5) is 0. The van der Waals surface area contributed by atoms with Crippen molar-refractivity contribution in [2.75, 3.05) is 52.9 Å². The van der Waals surface area contributed by atoms with Gasteiger partial charge in [0, 0.05) is 26.4 Å². The molecule has 0 aliphatic carbocycles. The van der Waals surface area contributed by atoms with Crippen LogP contribution in [-0.4, -0.2) is 75.3 Å². The van der Waals surface area contributed by atoms with Gasteiger partial charge in [0.25, 0.3) is 0 Å². The van der Waals surface area contributed by atoms with E-state index in [0.717, 1.165) is 123 Å². The lowest BCUT2D eigenvalue weighted by molar-refractivity contribution is -0.0471. The van der Waals surface area contributed by atoms with Crippen LogP contribution in [0.15, 0.2) is 0 Å². The van der Waals surface area contributed by atoms with Gasteiger partial charge in [0.15, 0.2) is 0 Å². The fourth-order valence-corrected chi connectivity index (χ4v) is 15.4. The van der Waals surface area contributed by atoms with Crippen molar-refractivity contribution in [3.8, 4) is 0 Å². The Labute approximate surface area is 579 Å². The molecule has 0 radical (unpaired) electrons. The van der Waals surface area contributed by atoms with Gasteiger partial charge in [0.1, 0.15) is 12.2 Å². The number of hydrogen-bond donors (Lipinski definition) is 2. The Balaban J connectivity index is 2.51. The minimum atomic E-state index is -0.203. The quantitative estimate of drug-likeness (QED) is 0.287. The lowest BCUT2D eigenvalue weighted by Crippen LogP contribution is -2.25. The maximum absolute atomic E-state index is 10.0. The second-order valence-corrected chi connectivity index (χ2v) is 34.7. The third kappa shape index (κ3) is 56.6. The molecule has 0 spiro atoms. The van der Waals surface area contributed by atoms with Gasteiger partial charge in [-0.3, -0.25) is 0 Å². The Kier molecular flexibility index (Phi) is 59.2. The van der Waals surface area contributed by atoms with E-state index in [1.54, 1.807) is 0 Å². The summed E-state index contributed by atoms with van der Waals surface area (Å²) < 4.78 is 24.4. The number of ether oxygens (including phenoxy) is 4. The highest BCUT2D eigenvalue weighted by Crippen LogP contribution is 2.31. The smallest absolute Gasteiger partial charge is 0.104 e. The normalized spacial score (nSPS) is 36.1. The summed E-state index contributed by atoms with van der Waals surface area (Å²) in [6.45, 7) is 43.7. The Morgan fingerprint density at radius 2 is 0.315 bits per heavy atom. The van der Waals surface area contributed by atoms with Crippen molar-refractivity contribution in [2.45, 2.75) is 406 Å². The van der Waals surface area contributed by atoms with Crippen LogP contribution in [0.25, 0.3) is 0 Å². The minimum Gasteiger partial charge on any atom is -0.394 e. The van der Waals surface area contributed by atoms with Crippen LogP contribution < -0.4 is 0 Å². The molecule has 0 amide bonds. The first-order valence-corrected chi connectivity index (χ1v) is 41.8. The largest absolute Gasteiger partial charge is 0.394 e. The van der Waals surface area contributed by atoms with Gasteiger partial charge < -0.3 is 29.2 Å². The van der Waals surface area contributed by atoms with Gasteiger partial charge in [-0.25, -0.2) is 0 Å². The van der Waals surface area contributed by atoms with Crippen molar-refractivity contribution in [2.24, 2.45) is 94.7 Å². The number of hydrogen-bond acceptors (Lipinski definition) is 6. The molecule has 2 N–H and O–H groups in total. The zero-order chi connectivity index (χ0) is 68.0. The standard InChI is InChI=1S/C86H172O6/c1-69-29-17-33-73(5)41-25-49-81(13)57-61-89-67-85(65-87)91-63-59-83(15)52-28-44-76(8)36-20-32-72(4)40-24-48-80(12)56-54-78(10)46-22-38-70(2)30-18-34-74(6)42-26-50-82(14)58-62-90-68-86(66-88)92-64-60-84(16)51-27-43-75(7)35-19-31-71(3)39-23-47-79(11)55-53-77(9)45-21-37-69/h69-88H,17-68H2,1-16H3/t69-,70-,71-,72-,73+,74+,75+,76+,77-,78-,79-,80-,81+,82+,83+,84+,85?,86?/m1/s1. The first-order chi connectivity index (χ1) is 44.2. The molecule has 1 saturated heterocycles. The molecule has 1 rings (SSSR count). The van der Waals surface area contributed by atoms with Crippen molar-refractivity contribution >= 4 is 0 Å². The summed E-state index contributed by atoms with van der Waals surface area (Å²) in [5.41, 5.74) is 0. The topological polar surface area (TPSA) is 77.4 Å². The molecule has 0 aromatic carbocycles. The van der Waals surface area contributed by atoms with Crippen molar-refractivity contribution in [1.29, 1.82) is 0 Å². The van der Waals surface area contributed by atoms with Gasteiger partial charge in [-0.1, -0.05) is 368 Å². The molecule has 2 unspecified atom stereocenters. The first-order valence-electron chi connectivity index (χ1n) is 41.8. The van der Waals surface area contributed by atoms with Crippen molar-refractivity contribution in [3.05, 3.63) is 0 Å². The highest BCUT2D eigenvalue weighted by atomic mass is 16.5. The maximum atomic E-state index is 10.0. The van der Waals surface area contributed by atoms with E-state index < -0.39 is 0 Å². The van der Waals surface area contributed by atoms with Crippen LogP contribution >= 0.6 is 0 Å². The molecular formula is C86H172O6. The van der Waals surface area contributed by atoms with Gasteiger partial charge in [-0.15, -0.1) is 0 Å². The first kappa shape index (κ1) is 89.8. The predicted molar refractivity (Wildman–Crippen MR) is 405 cm³/mol. The van der Waals surface area contributed by atoms with Crippen LogP contribution in [0.1, 0.15) is 393 Å². The molecule has 92 heavy (non-hydrogen) atoms. The highest BCUT2D eigenvalue weighted by Gasteiger charge is 2.18. The van der Waals surface area contributed by atoms with E-state index in [2.05, 4.69) is 111 Å². The minimum absolute atomic E-state index is 0.0415. The van der Waals surface area contributed by atoms with E-state index in [-0.39, 0.29) is 25.4 Å². The monoisotopic (exact) mass is 1300 g/mol. The second kappa shape index (κ2) is 60.7. The molecular weight excluding hydrogens is 1130 g/mol. The Morgan fingerprint density at radius 1 is 0.185 bits per heavy atom. The molecule has 0 aromatic rings. The summed E-state index contributed by atoms with van der Waals surface area (Å²) in [5.74, 6) is 12.9. The SMILES string of the molecule is C[C@@H]1CCC[C@H](C)CCC[C@H](C)CCOCC(CO)OCC[C@@H](C)CCC[C@@H](C)CCC[C@@H](C)CCC[C@@H](C)CC[C@H](C)CCC[C@H](C)CCC[C@H](C)CCC[C@H](C)CCOCC(CO)OCC[C@@H](C)CCC[C@@H](C)CCC[C@@H](C)CCC[C@@H](C)CC[C@H](C)CCC1. The molecule has 1 aliphatic heterocycles. The van der Waals surface area contributed by atoms with Gasteiger partial charge in [0.2, 0.25) is 0 Å². The average Bonchev–Trinajstić information content (AvgIpc) is 3.74. The molecule has 1 fully saturated rings. The van der Waals surface area contributed by atoms with Gasteiger partial charge in [-0.2, -0.15) is 0 Å². The van der Waals surface area contributed by atoms with Crippen LogP contribution in [0.3, 0.4) is 0 Å². The number of rotatable bonds is 2. The molecule has 6 nitrogen and oxygen atoms in total. The molecule has 0 aromatic heterocycles. The second-order valence-electron chi connectivity index (χ2n) is 34.7. The summed E-state index contributed by atoms with van der Waals surface area (Å²) >= 11 is 0. The molecule has 552 valence electrons. The van der Waals surface area contributed by atoms with E-state index in [1.807, 2.05) is 0 Å². The molecule has 0 bridgehead atoms. The summed E-state index contributed by atoms with van der Waals surface area (Å²) in [6.07, 6.45) is 59.0. The van der Waals surface area contributed by atoms with Crippen molar-refractivity contribution < 1.29 is 29.2 Å². The van der Waals surface area contributed by atoms with Gasteiger partial charge in [-0.05, 0) is 120 Å². The zero-order valence-corrected chi connectivity index (χ0v) is 65.7. The van der Waals surface area contributed by atoms with E-state index in [9.17, 15) is 10.2 Å². The Hall–Kier alpha value is -0.240. The van der Waals surface area contributed by atoms with Crippen molar-refractivity contribution in [1.82, 2.24) is 0 Å². The number of aliphatic hydroxyl groups is 2. The summed E-state index contributed by atoms with van der Waals surface area (Å²) in [5, 5.41) is 20.1. The zero-order valence-electron chi connectivity index (χ0n) is 65.7. The third-order valence-corrected chi connectivity index (χ3v) is 23.5. The third-order valence-electron chi connectivity index (χ3n) is 23.5. The molecule has 18 atom stereocenters. The number of aliphatic hydroxyl groups excluding tert-OH is 2. The summed E-state index contributed by atoms with van der Waals surface area (Å²) in [6, 6.07) is 0. The Bertz CT molecular complexity index is 1410. The van der Waals surface area contributed by atoms with Crippen LogP contribution in [-0.2, 0) is 18.9 Å². The fraction of sp³-hybridized carbons (Fsp3) is 1.00. The van der Waals surface area contributed by atoms with E-state index in [4.69, 9.17) is 18.9 Å². The predicted octanol–water partition coefficient (Wildman–Crippen LogP) is 26.1. The maximum Gasteiger partial charge on any atom is 0.104 e. The summed E-state index contributed by atoms with van der Waals surface area (Å²) in [7, 11) is 0. The Morgan fingerprint density at radius 3 is 0.467 bits per heavy atom.